The first-order valence-corrected chi connectivity index (χ1v) is 8.00. The van der Waals surface area contributed by atoms with E-state index in [9.17, 15) is 46.6 Å². The lowest BCUT2D eigenvalue weighted by Gasteiger charge is -2.36. The van der Waals surface area contributed by atoms with Crippen molar-refractivity contribution in [3.63, 3.8) is 0 Å². The summed E-state index contributed by atoms with van der Waals surface area (Å²) in [6.45, 7) is 0. The van der Waals surface area contributed by atoms with E-state index in [0.29, 0.717) is 11.0 Å². The van der Waals surface area contributed by atoms with Gasteiger partial charge in [-0.15, -0.1) is 11.6 Å². The maximum Gasteiger partial charge on any atom is 0.466 e. The Balaban J connectivity index is 2.74. The van der Waals surface area contributed by atoms with Gasteiger partial charge in [0.15, 0.2) is 0 Å². The monoisotopic (exact) mass is 468 g/mol. The minimum atomic E-state index is -5.67. The molecule has 0 aromatic heterocycles. The van der Waals surface area contributed by atoms with Crippen LogP contribution in [-0.4, -0.2) is 44.2 Å². The molecule has 0 spiro atoms. The van der Waals surface area contributed by atoms with Crippen molar-refractivity contribution >= 4 is 23.2 Å². The Morgan fingerprint density at radius 2 is 1.72 bits per heavy atom. The lowest BCUT2D eigenvalue weighted by Crippen LogP contribution is -2.60. The molecule has 3 atom stereocenters. The SMILES string of the molecule is NC1C(Cl)=CC(C(F)(F)F)=CN1C1=C([N+](=O)[O-])C(Cl)C([N+](=O)[O-])(C(F)(F)F)C=C1. The molecule has 8 nitrogen and oxygen atoms in total. The van der Waals surface area contributed by atoms with Gasteiger partial charge in [0.05, 0.1) is 15.5 Å². The summed E-state index contributed by atoms with van der Waals surface area (Å²) in [5.74, 6) is 0. The molecule has 0 aromatic rings. The zero-order valence-corrected chi connectivity index (χ0v) is 15.1. The Morgan fingerprint density at radius 3 is 2.14 bits per heavy atom. The predicted molar refractivity (Wildman–Crippen MR) is 86.5 cm³/mol. The third-order valence-corrected chi connectivity index (χ3v) is 4.97. The second-order valence-electron chi connectivity index (χ2n) is 5.77. The molecule has 2 N–H and O–H groups in total. The molecule has 1 aliphatic carbocycles. The van der Waals surface area contributed by atoms with Crippen LogP contribution in [0.5, 0.6) is 0 Å². The van der Waals surface area contributed by atoms with Crippen LogP contribution in [0.4, 0.5) is 26.3 Å². The zero-order valence-electron chi connectivity index (χ0n) is 13.5. The Labute approximate surface area is 166 Å². The summed E-state index contributed by atoms with van der Waals surface area (Å²) in [5, 5.41) is 19.0. The first kappa shape index (κ1) is 23.0. The number of allylic oxidation sites excluding steroid dienone is 3. The molecule has 0 saturated carbocycles. The molecule has 1 aliphatic heterocycles. The molecule has 0 radical (unpaired) electrons. The summed E-state index contributed by atoms with van der Waals surface area (Å²) in [7, 11) is 0. The van der Waals surface area contributed by atoms with E-state index >= 15 is 0 Å². The molecule has 3 unspecified atom stereocenters. The fourth-order valence-electron chi connectivity index (χ4n) is 2.62. The Kier molecular flexibility index (Phi) is 5.68. The summed E-state index contributed by atoms with van der Waals surface area (Å²) in [6, 6.07) is 0. The molecule has 0 bridgehead atoms. The van der Waals surface area contributed by atoms with Crippen LogP contribution in [0, 0.1) is 20.2 Å². The van der Waals surface area contributed by atoms with Crippen molar-refractivity contribution in [3.8, 4) is 0 Å². The van der Waals surface area contributed by atoms with Crippen molar-refractivity contribution in [2.75, 3.05) is 0 Å². The molecule has 29 heavy (non-hydrogen) atoms. The van der Waals surface area contributed by atoms with Gasteiger partial charge in [0, 0.05) is 17.2 Å². The summed E-state index contributed by atoms with van der Waals surface area (Å²) >= 11 is 11.2. The van der Waals surface area contributed by atoms with Gasteiger partial charge in [-0.25, -0.2) is 0 Å². The highest BCUT2D eigenvalue weighted by atomic mass is 35.5. The predicted octanol–water partition coefficient (Wildman–Crippen LogP) is 3.40. The van der Waals surface area contributed by atoms with E-state index in [0.717, 1.165) is 0 Å². The van der Waals surface area contributed by atoms with Crippen LogP contribution in [0.3, 0.4) is 0 Å². The van der Waals surface area contributed by atoms with Gasteiger partial charge in [0.1, 0.15) is 11.9 Å². The van der Waals surface area contributed by atoms with Crippen molar-refractivity contribution in [1.82, 2.24) is 4.90 Å². The average molecular weight is 469 g/mol. The van der Waals surface area contributed by atoms with Gasteiger partial charge in [-0.3, -0.25) is 20.2 Å². The number of alkyl halides is 7. The van der Waals surface area contributed by atoms with E-state index in [1.165, 1.54) is 0 Å². The van der Waals surface area contributed by atoms with Gasteiger partial charge in [0.25, 0.3) is 5.70 Å². The Morgan fingerprint density at radius 1 is 1.17 bits per heavy atom. The lowest BCUT2D eigenvalue weighted by molar-refractivity contribution is -0.601. The summed E-state index contributed by atoms with van der Waals surface area (Å²) < 4.78 is 79.3. The minimum Gasteiger partial charge on any atom is -0.321 e. The third kappa shape index (κ3) is 3.67. The highest BCUT2D eigenvalue weighted by Gasteiger charge is 2.73. The third-order valence-electron chi connectivity index (χ3n) is 4.10. The highest BCUT2D eigenvalue weighted by Crippen LogP contribution is 2.46. The van der Waals surface area contributed by atoms with E-state index in [4.69, 9.17) is 28.9 Å². The van der Waals surface area contributed by atoms with Crippen LogP contribution in [0.1, 0.15) is 0 Å². The molecule has 0 amide bonds. The normalized spacial score (nSPS) is 28.2. The number of hydrogen-bond acceptors (Lipinski definition) is 6. The van der Waals surface area contributed by atoms with Gasteiger partial charge >= 0.3 is 17.9 Å². The Bertz CT molecular complexity index is 882. The first-order chi connectivity index (χ1) is 13.1. The van der Waals surface area contributed by atoms with Gasteiger partial charge < -0.3 is 10.6 Å². The summed E-state index contributed by atoms with van der Waals surface area (Å²) in [5.41, 5.74) is -2.38. The van der Waals surface area contributed by atoms with Gasteiger partial charge in [-0.1, -0.05) is 11.6 Å². The van der Waals surface area contributed by atoms with Crippen LogP contribution < -0.4 is 5.73 Å². The highest BCUT2D eigenvalue weighted by molar-refractivity contribution is 6.30. The molecular formula is C13H8Cl2F6N4O4. The fourth-order valence-corrected chi connectivity index (χ4v) is 3.31. The van der Waals surface area contributed by atoms with E-state index in [-0.39, 0.29) is 18.4 Å². The maximum atomic E-state index is 13.4. The van der Waals surface area contributed by atoms with E-state index < -0.39 is 61.3 Å². The molecular weight excluding hydrogens is 461 g/mol. The molecule has 160 valence electrons. The van der Waals surface area contributed by atoms with Crippen molar-refractivity contribution in [2.24, 2.45) is 5.73 Å². The van der Waals surface area contributed by atoms with Crippen LogP contribution >= 0.6 is 23.2 Å². The fraction of sp³-hybridized carbons (Fsp3) is 0.385. The lowest BCUT2D eigenvalue weighted by atomic mass is 9.87. The smallest absolute Gasteiger partial charge is 0.321 e. The molecule has 1 heterocycles. The quantitative estimate of drug-likeness (QED) is 0.293. The second-order valence-corrected chi connectivity index (χ2v) is 6.64. The van der Waals surface area contributed by atoms with Crippen LogP contribution in [-0.2, 0) is 0 Å². The summed E-state index contributed by atoms with van der Waals surface area (Å²) in [6.07, 6.45) is -11.4. The number of nitrogens with zero attached hydrogens (tertiary/aromatic N) is 3. The standard InChI is InChI=1S/C13H8Cl2F6N4O4/c14-6-3-5(12(16,17)18)4-23(10(6)22)7-1-2-11(25(28)29,13(19,20)21)9(15)8(7)24(26)27/h1-4,9-10H,22H2. The first-order valence-electron chi connectivity index (χ1n) is 7.18. The molecule has 16 heteroatoms. The molecule has 2 rings (SSSR count). The number of nitro groups is 2. The van der Waals surface area contributed by atoms with Crippen LogP contribution in [0.2, 0.25) is 0 Å². The summed E-state index contributed by atoms with van der Waals surface area (Å²) in [4.78, 5) is 19.6. The number of nitrogens with two attached hydrogens (primary N) is 1. The molecule has 2 aliphatic rings. The van der Waals surface area contributed by atoms with E-state index in [2.05, 4.69) is 0 Å². The van der Waals surface area contributed by atoms with Crippen LogP contribution in [0.15, 0.2) is 46.4 Å². The Hall–Kier alpha value is -2.32. The maximum absolute atomic E-state index is 13.4. The molecule has 0 fully saturated rings. The van der Waals surface area contributed by atoms with Gasteiger partial charge in [-0.2, -0.15) is 26.3 Å². The topological polar surface area (TPSA) is 116 Å². The molecule has 0 saturated heterocycles. The molecule has 0 aromatic carbocycles. The van der Waals surface area contributed by atoms with Crippen molar-refractivity contribution in [3.05, 3.63) is 66.7 Å². The van der Waals surface area contributed by atoms with Crippen LogP contribution in [0.25, 0.3) is 0 Å². The van der Waals surface area contributed by atoms with Crippen molar-refractivity contribution in [1.29, 1.82) is 0 Å². The minimum absolute atomic E-state index is 0.0763. The average Bonchev–Trinajstić information content (AvgIpc) is 2.54. The number of hydrogen-bond donors (Lipinski definition) is 1. The van der Waals surface area contributed by atoms with Gasteiger partial charge in [0.2, 0.25) is 5.38 Å². The number of halogens is 8. The largest absolute Gasteiger partial charge is 0.466 e. The van der Waals surface area contributed by atoms with E-state index in [1.807, 2.05) is 0 Å². The number of rotatable bonds is 3. The second kappa shape index (κ2) is 7.18. The zero-order chi connectivity index (χ0) is 22.5. The van der Waals surface area contributed by atoms with Crippen molar-refractivity contribution in [2.45, 2.75) is 29.4 Å². The van der Waals surface area contributed by atoms with Crippen molar-refractivity contribution < 1.29 is 36.2 Å². The van der Waals surface area contributed by atoms with Gasteiger partial charge in [-0.05, 0) is 12.2 Å². The van der Waals surface area contributed by atoms with E-state index in [1.54, 1.807) is 0 Å².